The first-order chi connectivity index (χ1) is 8.20. The molecule has 86 valence electrons. The predicted octanol–water partition coefficient (Wildman–Crippen LogP) is 3.27. The molecule has 1 amide bonds. The van der Waals surface area contributed by atoms with Crippen LogP contribution in [-0.2, 0) is 0 Å². The summed E-state index contributed by atoms with van der Waals surface area (Å²) < 4.78 is 0. The van der Waals surface area contributed by atoms with E-state index in [0.29, 0.717) is 5.56 Å². The van der Waals surface area contributed by atoms with E-state index >= 15 is 0 Å². The van der Waals surface area contributed by atoms with Crippen molar-refractivity contribution in [1.29, 1.82) is 0 Å². The van der Waals surface area contributed by atoms with Crippen molar-refractivity contribution in [1.82, 2.24) is 0 Å². The van der Waals surface area contributed by atoms with Gasteiger partial charge in [-0.1, -0.05) is 64.5 Å². The summed E-state index contributed by atoms with van der Waals surface area (Å²) in [7, 11) is 0. The molecule has 2 rings (SSSR count). The molecule has 0 aliphatic heterocycles. The molecule has 2 aromatic carbocycles. The fourth-order valence-corrected chi connectivity index (χ4v) is 2.45. The van der Waals surface area contributed by atoms with E-state index in [1.54, 1.807) is 6.07 Å². The molecular weight excluding hydrogens is 278 g/mol. The summed E-state index contributed by atoms with van der Waals surface area (Å²) in [6, 6.07) is 17.3. The Balaban J connectivity index is 2.44. The second-order valence-corrected chi connectivity index (χ2v) is 4.64. The van der Waals surface area contributed by atoms with Crippen molar-refractivity contribution in [3.8, 4) is 0 Å². The average Bonchev–Trinajstić information content (AvgIpc) is 2.39. The summed E-state index contributed by atoms with van der Waals surface area (Å²) in [6.07, 6.45) is 0. The van der Waals surface area contributed by atoms with Gasteiger partial charge in [-0.2, -0.15) is 0 Å². The maximum atomic E-state index is 11.4. The Morgan fingerprint density at radius 1 is 1.00 bits per heavy atom. The third-order valence-corrected chi connectivity index (χ3v) is 3.61. The smallest absolute Gasteiger partial charge is 0.249 e. The lowest BCUT2D eigenvalue weighted by Crippen LogP contribution is -2.14. The standard InChI is InChI=1S/C14H12BrNO/c15-13(10-6-2-1-3-7-10)11-8-4-5-9-12(11)14(16)17/h1-9,13H,(H2,16,17). The van der Waals surface area contributed by atoms with Crippen LogP contribution in [-0.4, -0.2) is 5.91 Å². The molecule has 0 aromatic heterocycles. The van der Waals surface area contributed by atoms with Crippen LogP contribution in [0.5, 0.6) is 0 Å². The van der Waals surface area contributed by atoms with Crippen LogP contribution in [0.2, 0.25) is 0 Å². The zero-order chi connectivity index (χ0) is 12.3. The van der Waals surface area contributed by atoms with Crippen molar-refractivity contribution in [3.05, 3.63) is 71.3 Å². The maximum Gasteiger partial charge on any atom is 0.249 e. The van der Waals surface area contributed by atoms with Gasteiger partial charge in [0.25, 0.3) is 0 Å². The van der Waals surface area contributed by atoms with Gasteiger partial charge < -0.3 is 5.73 Å². The molecule has 0 saturated heterocycles. The Kier molecular flexibility index (Phi) is 3.59. The molecule has 0 fully saturated rings. The third-order valence-electron chi connectivity index (χ3n) is 2.59. The Labute approximate surface area is 109 Å². The van der Waals surface area contributed by atoms with Gasteiger partial charge in [0.05, 0.1) is 4.83 Å². The third kappa shape index (κ3) is 2.56. The van der Waals surface area contributed by atoms with Crippen LogP contribution in [0, 0.1) is 0 Å². The number of alkyl halides is 1. The lowest BCUT2D eigenvalue weighted by Gasteiger charge is -2.13. The van der Waals surface area contributed by atoms with Crippen molar-refractivity contribution in [2.45, 2.75) is 4.83 Å². The largest absolute Gasteiger partial charge is 0.366 e. The molecule has 0 heterocycles. The molecule has 0 aliphatic rings. The molecule has 0 saturated carbocycles. The molecule has 0 aliphatic carbocycles. The fraction of sp³-hybridized carbons (Fsp3) is 0.0714. The van der Waals surface area contributed by atoms with Crippen molar-refractivity contribution in [2.24, 2.45) is 5.73 Å². The van der Waals surface area contributed by atoms with E-state index in [1.807, 2.05) is 48.5 Å². The number of nitrogens with two attached hydrogens (primary N) is 1. The van der Waals surface area contributed by atoms with E-state index in [-0.39, 0.29) is 4.83 Å². The molecular formula is C14H12BrNO. The number of amides is 1. The van der Waals surface area contributed by atoms with E-state index in [0.717, 1.165) is 11.1 Å². The monoisotopic (exact) mass is 289 g/mol. The van der Waals surface area contributed by atoms with Crippen LogP contribution >= 0.6 is 15.9 Å². The van der Waals surface area contributed by atoms with E-state index < -0.39 is 5.91 Å². The van der Waals surface area contributed by atoms with Gasteiger partial charge in [-0.15, -0.1) is 0 Å². The van der Waals surface area contributed by atoms with Gasteiger partial charge >= 0.3 is 0 Å². The molecule has 3 heteroatoms. The van der Waals surface area contributed by atoms with Crippen LogP contribution in [0.25, 0.3) is 0 Å². The molecule has 1 atom stereocenters. The summed E-state index contributed by atoms with van der Waals surface area (Å²) >= 11 is 3.61. The van der Waals surface area contributed by atoms with Crippen molar-refractivity contribution >= 4 is 21.8 Å². The highest BCUT2D eigenvalue weighted by atomic mass is 79.9. The number of hydrogen-bond acceptors (Lipinski definition) is 1. The zero-order valence-corrected chi connectivity index (χ0v) is 10.7. The van der Waals surface area contributed by atoms with Crippen LogP contribution in [0.1, 0.15) is 26.3 Å². The summed E-state index contributed by atoms with van der Waals surface area (Å²) in [5.74, 6) is -0.402. The summed E-state index contributed by atoms with van der Waals surface area (Å²) in [5, 5.41) is 0. The second kappa shape index (κ2) is 5.15. The predicted molar refractivity (Wildman–Crippen MR) is 72.2 cm³/mol. The van der Waals surface area contributed by atoms with Crippen molar-refractivity contribution in [3.63, 3.8) is 0 Å². The highest BCUT2D eigenvalue weighted by Crippen LogP contribution is 2.32. The topological polar surface area (TPSA) is 43.1 Å². The Hall–Kier alpha value is -1.61. The number of halogens is 1. The van der Waals surface area contributed by atoms with Gasteiger partial charge in [-0.3, -0.25) is 4.79 Å². The molecule has 1 unspecified atom stereocenters. The minimum absolute atomic E-state index is 0.0209. The molecule has 2 nitrogen and oxygen atoms in total. The van der Waals surface area contributed by atoms with Gasteiger partial charge in [0, 0.05) is 5.56 Å². The highest BCUT2D eigenvalue weighted by Gasteiger charge is 2.16. The lowest BCUT2D eigenvalue weighted by atomic mass is 9.99. The summed E-state index contributed by atoms with van der Waals surface area (Å²) in [4.78, 5) is 11.3. The lowest BCUT2D eigenvalue weighted by molar-refractivity contribution is 0.0999. The first-order valence-corrected chi connectivity index (χ1v) is 6.19. The van der Waals surface area contributed by atoms with Crippen molar-refractivity contribution in [2.75, 3.05) is 0 Å². The Morgan fingerprint density at radius 2 is 1.59 bits per heavy atom. The molecule has 0 spiro atoms. The van der Waals surface area contributed by atoms with Crippen LogP contribution in [0.3, 0.4) is 0 Å². The van der Waals surface area contributed by atoms with E-state index in [9.17, 15) is 4.79 Å². The van der Waals surface area contributed by atoms with Crippen molar-refractivity contribution < 1.29 is 4.79 Å². The quantitative estimate of drug-likeness (QED) is 0.866. The molecule has 2 N–H and O–H groups in total. The first-order valence-electron chi connectivity index (χ1n) is 5.28. The number of hydrogen-bond donors (Lipinski definition) is 1. The van der Waals surface area contributed by atoms with E-state index in [2.05, 4.69) is 15.9 Å². The normalized spacial score (nSPS) is 12.1. The van der Waals surface area contributed by atoms with Crippen LogP contribution in [0.15, 0.2) is 54.6 Å². The SMILES string of the molecule is NC(=O)c1ccccc1C(Br)c1ccccc1. The number of rotatable bonds is 3. The van der Waals surface area contributed by atoms with Crippen LogP contribution < -0.4 is 5.73 Å². The Bertz CT molecular complexity index is 525. The second-order valence-electron chi connectivity index (χ2n) is 3.72. The highest BCUT2D eigenvalue weighted by molar-refractivity contribution is 9.09. The molecule has 0 bridgehead atoms. The van der Waals surface area contributed by atoms with Gasteiger partial charge in [-0.25, -0.2) is 0 Å². The first kappa shape index (κ1) is 11.9. The molecule has 17 heavy (non-hydrogen) atoms. The van der Waals surface area contributed by atoms with Crippen LogP contribution in [0.4, 0.5) is 0 Å². The summed E-state index contributed by atoms with van der Waals surface area (Å²) in [5.41, 5.74) is 7.92. The number of carbonyl (C=O) groups is 1. The number of carbonyl (C=O) groups excluding carboxylic acids is 1. The summed E-state index contributed by atoms with van der Waals surface area (Å²) in [6.45, 7) is 0. The fourth-order valence-electron chi connectivity index (χ4n) is 1.74. The van der Waals surface area contributed by atoms with Gasteiger partial charge in [0.1, 0.15) is 0 Å². The molecule has 0 radical (unpaired) electrons. The minimum atomic E-state index is -0.402. The van der Waals surface area contributed by atoms with E-state index in [1.165, 1.54) is 0 Å². The maximum absolute atomic E-state index is 11.4. The van der Waals surface area contributed by atoms with Gasteiger partial charge in [0.2, 0.25) is 5.91 Å². The minimum Gasteiger partial charge on any atom is -0.366 e. The number of primary amides is 1. The van der Waals surface area contributed by atoms with Gasteiger partial charge in [0.15, 0.2) is 0 Å². The number of benzene rings is 2. The van der Waals surface area contributed by atoms with E-state index in [4.69, 9.17) is 5.73 Å². The van der Waals surface area contributed by atoms with Gasteiger partial charge in [-0.05, 0) is 17.2 Å². The average molecular weight is 290 g/mol. The Morgan fingerprint density at radius 3 is 2.24 bits per heavy atom. The zero-order valence-electron chi connectivity index (χ0n) is 9.14. The molecule has 2 aromatic rings.